The summed E-state index contributed by atoms with van der Waals surface area (Å²) in [5, 5.41) is 22.8. The highest BCUT2D eigenvalue weighted by atomic mass is 16.3. The number of rotatable bonds is 10. The number of phenols is 2. The molecule has 0 bridgehead atoms. The molecule has 0 radical (unpaired) electrons. The van der Waals surface area contributed by atoms with Crippen molar-refractivity contribution in [2.45, 2.75) is 116 Å². The molecular formula is C44H54N2O2. The Labute approximate surface area is 288 Å². The van der Waals surface area contributed by atoms with Crippen LogP contribution in [0.4, 0.5) is 0 Å². The molecule has 4 aromatic carbocycles. The van der Waals surface area contributed by atoms with Gasteiger partial charge in [0.1, 0.15) is 11.5 Å². The number of aryl methyl sites for hydroxylation is 4. The summed E-state index contributed by atoms with van der Waals surface area (Å²) in [6.07, 6.45) is 11.2. The topological polar surface area (TPSA) is 65.2 Å². The number of aliphatic imine (C=N–C) groups is 2. The molecule has 1 aliphatic rings. The maximum absolute atomic E-state index is 11.4. The van der Waals surface area contributed by atoms with Gasteiger partial charge in [0, 0.05) is 23.6 Å². The van der Waals surface area contributed by atoms with Crippen molar-refractivity contribution in [3.8, 4) is 11.5 Å². The number of phenolic OH excluding ortho intramolecular Hbond substituents is 2. The molecule has 4 nitrogen and oxygen atoms in total. The Bertz CT molecular complexity index is 1580. The summed E-state index contributed by atoms with van der Waals surface area (Å²) in [7, 11) is 0. The first-order chi connectivity index (χ1) is 22.9. The summed E-state index contributed by atoms with van der Waals surface area (Å²) < 4.78 is 0. The zero-order valence-corrected chi connectivity index (χ0v) is 29.8. The highest BCUT2D eigenvalue weighted by Gasteiger charge is 2.25. The molecule has 0 saturated heterocycles. The Morgan fingerprint density at radius 3 is 1.29 bits per heavy atom. The van der Waals surface area contributed by atoms with Crippen LogP contribution in [0.3, 0.4) is 0 Å². The molecule has 0 amide bonds. The van der Waals surface area contributed by atoms with Gasteiger partial charge in [-0.05, 0) is 94.9 Å². The summed E-state index contributed by atoms with van der Waals surface area (Å²) in [5.74, 6) is 0.649. The monoisotopic (exact) mass is 642 g/mol. The highest BCUT2D eigenvalue weighted by Crippen LogP contribution is 2.34. The fourth-order valence-electron chi connectivity index (χ4n) is 6.52. The van der Waals surface area contributed by atoms with E-state index in [1.54, 1.807) is 0 Å². The van der Waals surface area contributed by atoms with Crippen molar-refractivity contribution < 1.29 is 10.2 Å². The average Bonchev–Trinajstić information content (AvgIpc) is 3.06. The third-order valence-corrected chi connectivity index (χ3v) is 9.72. The number of nitrogens with zero attached hydrogens (tertiary/aromatic N) is 2. The van der Waals surface area contributed by atoms with Gasteiger partial charge in [-0.3, -0.25) is 9.98 Å². The van der Waals surface area contributed by atoms with E-state index < -0.39 is 0 Å². The minimum Gasteiger partial charge on any atom is -0.507 e. The highest BCUT2D eigenvalue weighted by molar-refractivity contribution is 5.86. The van der Waals surface area contributed by atoms with Crippen LogP contribution in [0.2, 0.25) is 0 Å². The van der Waals surface area contributed by atoms with Crippen LogP contribution in [0.1, 0.15) is 112 Å². The largest absolute Gasteiger partial charge is 0.507 e. The van der Waals surface area contributed by atoms with E-state index >= 15 is 0 Å². The van der Waals surface area contributed by atoms with Crippen molar-refractivity contribution in [1.82, 2.24) is 0 Å². The van der Waals surface area contributed by atoms with E-state index in [1.807, 2.05) is 24.6 Å². The molecule has 0 aromatic heterocycles. The number of hydrogen-bond acceptors (Lipinski definition) is 4. The predicted molar refractivity (Wildman–Crippen MR) is 203 cm³/mol. The van der Waals surface area contributed by atoms with Crippen molar-refractivity contribution in [3.63, 3.8) is 0 Å². The molecule has 4 aromatic rings. The minimum atomic E-state index is -0.0566. The average molecular weight is 643 g/mol. The summed E-state index contributed by atoms with van der Waals surface area (Å²) in [5.41, 5.74) is 8.27. The normalized spacial score (nSPS) is 17.4. The predicted octanol–water partition coefficient (Wildman–Crippen LogP) is 10.1. The van der Waals surface area contributed by atoms with Crippen LogP contribution in [0.15, 0.2) is 94.9 Å². The van der Waals surface area contributed by atoms with Gasteiger partial charge in [0.05, 0.1) is 12.1 Å². The van der Waals surface area contributed by atoms with Crippen LogP contribution < -0.4 is 0 Å². The molecule has 5 rings (SSSR count). The lowest BCUT2D eigenvalue weighted by Gasteiger charge is -2.26. The first-order valence-electron chi connectivity index (χ1n) is 17.8. The van der Waals surface area contributed by atoms with Gasteiger partial charge in [-0.25, -0.2) is 0 Å². The molecule has 1 saturated carbocycles. The zero-order chi connectivity index (χ0) is 34.3. The van der Waals surface area contributed by atoms with Crippen molar-refractivity contribution in [2.75, 3.05) is 0 Å². The van der Waals surface area contributed by atoms with Gasteiger partial charge < -0.3 is 10.2 Å². The van der Waals surface area contributed by atoms with E-state index in [9.17, 15) is 10.2 Å². The minimum absolute atomic E-state index is 0.0194. The number of aromatic hydroxyl groups is 2. The second kappa shape index (κ2) is 15.4. The lowest BCUT2D eigenvalue weighted by atomic mass is 9.84. The molecule has 1 fully saturated rings. The molecule has 0 aliphatic heterocycles. The Morgan fingerprint density at radius 2 is 0.938 bits per heavy atom. The van der Waals surface area contributed by atoms with Crippen LogP contribution in [0.5, 0.6) is 11.5 Å². The second-order valence-electron chi connectivity index (χ2n) is 15.6. The van der Waals surface area contributed by atoms with Gasteiger partial charge in [-0.2, -0.15) is 0 Å². The molecule has 48 heavy (non-hydrogen) atoms. The standard InChI is InChI=1S/C44H54N2O2/c1-43(2,3)37-25-33(23-21-31-15-9-7-10-16-31)41(47)35(27-37)29-45-39-19-13-14-20-40(39)46-30-36-28-38(44(4,5)6)26-34(42(36)48)24-22-32-17-11-8-12-18-32/h7-12,15-18,25-30,39-40,47-48H,13-14,19-24H2,1-6H3/t39-,40-/m1/s1. The number of benzene rings is 4. The lowest BCUT2D eigenvalue weighted by molar-refractivity contribution is 0.390. The third-order valence-electron chi connectivity index (χ3n) is 9.72. The van der Waals surface area contributed by atoms with Crippen molar-refractivity contribution >= 4 is 12.4 Å². The quantitative estimate of drug-likeness (QED) is 0.169. The molecule has 0 spiro atoms. The number of hydrogen-bond donors (Lipinski definition) is 2. The summed E-state index contributed by atoms with van der Waals surface area (Å²) in [6.45, 7) is 13.3. The van der Waals surface area contributed by atoms with Crippen LogP contribution in [-0.4, -0.2) is 34.7 Å². The summed E-state index contributed by atoms with van der Waals surface area (Å²) in [6, 6.07) is 29.4. The summed E-state index contributed by atoms with van der Waals surface area (Å²) in [4.78, 5) is 10.2. The van der Waals surface area contributed by atoms with Gasteiger partial charge in [0.15, 0.2) is 0 Å². The van der Waals surface area contributed by atoms with Gasteiger partial charge >= 0.3 is 0 Å². The third kappa shape index (κ3) is 9.24. The fraction of sp³-hybridized carbons (Fsp3) is 0.409. The van der Waals surface area contributed by atoms with Crippen LogP contribution in [0.25, 0.3) is 0 Å². The van der Waals surface area contributed by atoms with Crippen LogP contribution >= 0.6 is 0 Å². The lowest BCUT2D eigenvalue weighted by Crippen LogP contribution is -2.27. The van der Waals surface area contributed by atoms with E-state index in [4.69, 9.17) is 9.98 Å². The molecule has 4 heteroatoms. The maximum Gasteiger partial charge on any atom is 0.127 e. The van der Waals surface area contributed by atoms with Gasteiger partial charge in [0.25, 0.3) is 0 Å². The SMILES string of the molecule is CC(C)(C)c1cc(C=N[C@@H]2CCCC[C@H]2N=Cc2cc(C(C)(C)C)cc(CCc3ccccc3)c2O)c(O)c(CCc2ccccc2)c1. The molecule has 0 heterocycles. The van der Waals surface area contributed by atoms with E-state index in [1.165, 1.54) is 22.3 Å². The second-order valence-corrected chi connectivity index (χ2v) is 15.6. The van der Waals surface area contributed by atoms with Crippen LogP contribution in [0, 0.1) is 0 Å². The molecule has 2 N–H and O–H groups in total. The van der Waals surface area contributed by atoms with E-state index in [-0.39, 0.29) is 22.9 Å². The molecule has 252 valence electrons. The van der Waals surface area contributed by atoms with E-state index in [0.717, 1.165) is 73.6 Å². The van der Waals surface area contributed by atoms with Crippen LogP contribution in [-0.2, 0) is 36.5 Å². The first-order valence-corrected chi connectivity index (χ1v) is 17.8. The zero-order valence-electron chi connectivity index (χ0n) is 29.8. The van der Waals surface area contributed by atoms with Crippen molar-refractivity contribution in [3.05, 3.63) is 129 Å². The van der Waals surface area contributed by atoms with Gasteiger partial charge in [-0.15, -0.1) is 0 Å². The molecule has 1 aliphatic carbocycles. The van der Waals surface area contributed by atoms with Gasteiger partial charge in [0.2, 0.25) is 0 Å². The Balaban J connectivity index is 1.39. The Morgan fingerprint density at radius 1 is 0.562 bits per heavy atom. The fourth-order valence-corrected chi connectivity index (χ4v) is 6.52. The molecular weight excluding hydrogens is 588 g/mol. The maximum atomic E-state index is 11.4. The summed E-state index contributed by atoms with van der Waals surface area (Å²) >= 11 is 0. The van der Waals surface area contributed by atoms with E-state index in [0.29, 0.717) is 11.5 Å². The first kappa shape index (κ1) is 35.1. The van der Waals surface area contributed by atoms with Crippen molar-refractivity contribution in [2.24, 2.45) is 9.98 Å². The van der Waals surface area contributed by atoms with Crippen molar-refractivity contribution in [1.29, 1.82) is 0 Å². The molecule has 2 atom stereocenters. The van der Waals surface area contributed by atoms with E-state index in [2.05, 4.69) is 114 Å². The molecule has 0 unspecified atom stereocenters. The van der Waals surface area contributed by atoms with Gasteiger partial charge in [-0.1, -0.05) is 127 Å². The smallest absolute Gasteiger partial charge is 0.127 e. The Kier molecular flexibility index (Phi) is 11.2. The Hall–Kier alpha value is -4.18.